The number of aromatic nitrogens is 1. The first kappa shape index (κ1) is 12.5. The number of hydrogen-bond donors (Lipinski definition) is 1. The van der Waals surface area contributed by atoms with Crippen molar-refractivity contribution in [3.8, 4) is 0 Å². The summed E-state index contributed by atoms with van der Waals surface area (Å²) >= 11 is 0. The van der Waals surface area contributed by atoms with Crippen LogP contribution in [0.3, 0.4) is 0 Å². The largest absolute Gasteiger partial charge is 0.444 e. The molecule has 0 unspecified atom stereocenters. The quantitative estimate of drug-likeness (QED) is 0.885. The van der Waals surface area contributed by atoms with Crippen LogP contribution in [-0.2, 0) is 10.2 Å². The number of nitrogens with zero attached hydrogens (tertiary/aromatic N) is 1. The average molecular weight is 260 g/mol. The molecule has 3 aliphatic rings. The van der Waals surface area contributed by atoms with Gasteiger partial charge in [-0.2, -0.15) is 0 Å². The molecule has 1 amide bonds. The van der Waals surface area contributed by atoms with E-state index in [0.29, 0.717) is 11.1 Å². The topological polar surface area (TPSA) is 51.2 Å². The van der Waals surface area contributed by atoms with E-state index in [1.165, 1.54) is 25.0 Å². The van der Waals surface area contributed by atoms with Crippen molar-refractivity contribution < 1.29 is 9.53 Å². The summed E-state index contributed by atoms with van der Waals surface area (Å²) in [7, 11) is 0. The van der Waals surface area contributed by atoms with Gasteiger partial charge < -0.3 is 4.74 Å². The van der Waals surface area contributed by atoms with Gasteiger partial charge in [-0.25, -0.2) is 4.79 Å². The van der Waals surface area contributed by atoms with Crippen LogP contribution >= 0.6 is 0 Å². The van der Waals surface area contributed by atoms with Crippen LogP contribution in [0.5, 0.6) is 0 Å². The lowest BCUT2D eigenvalue weighted by molar-refractivity contribution is -0.0308. The Morgan fingerprint density at radius 3 is 2.47 bits per heavy atom. The van der Waals surface area contributed by atoms with E-state index >= 15 is 0 Å². The van der Waals surface area contributed by atoms with Gasteiger partial charge in [0, 0.05) is 11.1 Å². The number of carbonyl (C=O) groups excluding carboxylic acids is 1. The molecule has 0 radical (unpaired) electrons. The Hall–Kier alpha value is -1.58. The number of ether oxygens (including phenoxy) is 1. The van der Waals surface area contributed by atoms with Crippen molar-refractivity contribution in [2.45, 2.75) is 51.0 Å². The Bertz CT molecular complexity index is 485. The number of pyridine rings is 1. The highest BCUT2D eigenvalue weighted by Gasteiger charge is 2.58. The van der Waals surface area contributed by atoms with Gasteiger partial charge in [0.25, 0.3) is 0 Å². The summed E-state index contributed by atoms with van der Waals surface area (Å²) in [4.78, 5) is 16.1. The van der Waals surface area contributed by atoms with E-state index < -0.39 is 11.7 Å². The minimum atomic E-state index is -0.483. The highest BCUT2D eigenvalue weighted by atomic mass is 16.6. The molecule has 0 spiro atoms. The molecule has 2 bridgehead atoms. The van der Waals surface area contributed by atoms with E-state index in [1.54, 1.807) is 6.20 Å². The Morgan fingerprint density at radius 1 is 1.37 bits per heavy atom. The fourth-order valence-corrected chi connectivity index (χ4v) is 3.00. The third-order valence-electron chi connectivity index (χ3n) is 3.99. The lowest BCUT2D eigenvalue weighted by Gasteiger charge is -2.61. The molecule has 0 atom stereocenters. The second kappa shape index (κ2) is 3.95. The maximum absolute atomic E-state index is 11.6. The van der Waals surface area contributed by atoms with E-state index in [4.69, 9.17) is 4.74 Å². The summed E-state index contributed by atoms with van der Waals surface area (Å²) in [6.45, 7) is 5.53. The van der Waals surface area contributed by atoms with Crippen molar-refractivity contribution >= 4 is 11.8 Å². The molecule has 4 heteroatoms. The van der Waals surface area contributed by atoms with Crippen LogP contribution < -0.4 is 5.32 Å². The van der Waals surface area contributed by atoms with Crippen LogP contribution in [0.2, 0.25) is 0 Å². The van der Waals surface area contributed by atoms with Gasteiger partial charge in [0.2, 0.25) is 0 Å². The van der Waals surface area contributed by atoms with Crippen LogP contribution in [0.25, 0.3) is 0 Å². The molecular formula is C15H20N2O2. The normalized spacial score (nSPS) is 28.1. The number of anilines is 1. The molecule has 1 aromatic rings. The fourth-order valence-electron chi connectivity index (χ4n) is 3.00. The Morgan fingerprint density at radius 2 is 2.05 bits per heavy atom. The van der Waals surface area contributed by atoms with Gasteiger partial charge >= 0.3 is 6.09 Å². The molecule has 102 valence electrons. The maximum Gasteiger partial charge on any atom is 0.412 e. The Labute approximate surface area is 113 Å². The van der Waals surface area contributed by atoms with Crippen molar-refractivity contribution in [2.75, 3.05) is 5.32 Å². The summed E-state index contributed by atoms with van der Waals surface area (Å²) in [6, 6.07) is 3.94. The van der Waals surface area contributed by atoms with Gasteiger partial charge in [0.05, 0.1) is 11.9 Å². The predicted octanol–water partition coefficient (Wildman–Crippen LogP) is 3.48. The molecule has 1 aromatic heterocycles. The first-order chi connectivity index (χ1) is 8.86. The molecule has 0 aromatic carbocycles. The van der Waals surface area contributed by atoms with Crippen LogP contribution in [-0.4, -0.2) is 16.7 Å². The number of hydrogen-bond acceptors (Lipinski definition) is 3. The van der Waals surface area contributed by atoms with Gasteiger partial charge in [-0.3, -0.25) is 10.3 Å². The van der Waals surface area contributed by atoms with Gasteiger partial charge in [0.15, 0.2) is 0 Å². The molecule has 0 saturated heterocycles. The molecule has 0 aliphatic heterocycles. The second-order valence-electron chi connectivity index (χ2n) is 6.82. The van der Waals surface area contributed by atoms with E-state index in [1.807, 2.05) is 32.9 Å². The zero-order chi connectivity index (χ0) is 13.7. The number of amides is 1. The van der Waals surface area contributed by atoms with Crippen molar-refractivity contribution in [1.29, 1.82) is 0 Å². The first-order valence-corrected chi connectivity index (χ1v) is 6.83. The van der Waals surface area contributed by atoms with Crippen LogP contribution in [0.4, 0.5) is 10.5 Å². The molecular weight excluding hydrogens is 240 g/mol. The smallest absolute Gasteiger partial charge is 0.412 e. The molecule has 1 N–H and O–H groups in total. The van der Waals surface area contributed by atoms with Crippen molar-refractivity contribution in [3.63, 3.8) is 0 Å². The van der Waals surface area contributed by atoms with Gasteiger partial charge in [0.1, 0.15) is 5.60 Å². The summed E-state index contributed by atoms with van der Waals surface area (Å²) in [5.41, 5.74) is 1.74. The predicted molar refractivity (Wildman–Crippen MR) is 73.1 cm³/mol. The maximum atomic E-state index is 11.6. The fraction of sp³-hybridized carbons (Fsp3) is 0.600. The van der Waals surface area contributed by atoms with E-state index in [2.05, 4.69) is 10.3 Å². The zero-order valence-electron chi connectivity index (χ0n) is 11.7. The van der Waals surface area contributed by atoms with Gasteiger partial charge in [-0.05, 0) is 58.1 Å². The summed E-state index contributed by atoms with van der Waals surface area (Å²) in [5.74, 6) is 0.946. The lowest BCUT2D eigenvalue weighted by Crippen LogP contribution is -2.55. The highest BCUT2D eigenvalue weighted by molar-refractivity contribution is 5.84. The zero-order valence-corrected chi connectivity index (χ0v) is 11.7. The van der Waals surface area contributed by atoms with Gasteiger partial charge in [-0.15, -0.1) is 0 Å². The van der Waals surface area contributed by atoms with Crippen LogP contribution in [0.1, 0.15) is 45.7 Å². The highest BCUT2D eigenvalue weighted by Crippen LogP contribution is 2.64. The summed E-state index contributed by atoms with van der Waals surface area (Å²) < 4.78 is 5.20. The van der Waals surface area contributed by atoms with Crippen molar-refractivity contribution in [3.05, 3.63) is 24.0 Å². The third kappa shape index (κ3) is 2.31. The molecule has 4 nitrogen and oxygen atoms in total. The number of carbonyl (C=O) groups is 1. The minimum Gasteiger partial charge on any atom is -0.444 e. The summed E-state index contributed by atoms with van der Waals surface area (Å²) in [5, 5.41) is 2.70. The molecule has 3 saturated carbocycles. The Balaban J connectivity index is 1.61. The van der Waals surface area contributed by atoms with Crippen molar-refractivity contribution in [1.82, 2.24) is 4.98 Å². The SMILES string of the molecule is CC(C)(C)OC(=O)Nc1ccc(C23CC(C2)C3)nc1. The monoisotopic (exact) mass is 260 g/mol. The molecule has 19 heavy (non-hydrogen) atoms. The van der Waals surface area contributed by atoms with Crippen LogP contribution in [0, 0.1) is 5.92 Å². The third-order valence-corrected chi connectivity index (χ3v) is 3.99. The minimum absolute atomic E-state index is 0.370. The molecule has 4 rings (SSSR count). The van der Waals surface area contributed by atoms with Crippen LogP contribution in [0.15, 0.2) is 18.3 Å². The average Bonchev–Trinajstić information content (AvgIpc) is 2.13. The molecule has 1 heterocycles. The number of nitrogens with one attached hydrogen (secondary N) is 1. The molecule has 3 fully saturated rings. The standard InChI is InChI=1S/C15H20N2O2/c1-14(2,3)19-13(18)17-11-4-5-12(16-9-11)15-6-10(7-15)8-15/h4-5,9-10H,6-8H2,1-3H3,(H,17,18). The van der Waals surface area contributed by atoms with E-state index in [0.717, 1.165) is 5.92 Å². The van der Waals surface area contributed by atoms with Gasteiger partial charge in [-0.1, -0.05) is 0 Å². The van der Waals surface area contributed by atoms with Crippen molar-refractivity contribution in [2.24, 2.45) is 5.92 Å². The molecule has 3 aliphatic carbocycles. The lowest BCUT2D eigenvalue weighted by atomic mass is 9.43. The van der Waals surface area contributed by atoms with E-state index in [9.17, 15) is 4.79 Å². The summed E-state index contributed by atoms with van der Waals surface area (Å²) in [6.07, 6.45) is 5.16. The second-order valence-corrected chi connectivity index (χ2v) is 6.82. The van der Waals surface area contributed by atoms with E-state index in [-0.39, 0.29) is 0 Å². The Kier molecular flexibility index (Phi) is 2.59. The first-order valence-electron chi connectivity index (χ1n) is 6.83. The number of rotatable bonds is 2.